The molecule has 3 rings (SSSR count). The quantitative estimate of drug-likeness (QED) is 0.721. The van der Waals surface area contributed by atoms with Crippen LogP contribution in [0.4, 0.5) is 15.0 Å². The fourth-order valence-corrected chi connectivity index (χ4v) is 2.58. The number of fused-ring (bicyclic) bond motifs is 1. The summed E-state index contributed by atoms with van der Waals surface area (Å²) in [5.74, 6) is -0.397. The Bertz CT molecular complexity index is 847. The molecule has 10 heteroatoms. The second-order valence-corrected chi connectivity index (χ2v) is 7.02. The summed E-state index contributed by atoms with van der Waals surface area (Å²) >= 11 is 0. The fourth-order valence-electron chi connectivity index (χ4n) is 2.58. The van der Waals surface area contributed by atoms with Crippen LogP contribution in [0.25, 0.3) is 11.0 Å². The van der Waals surface area contributed by atoms with Gasteiger partial charge >= 0.3 is 6.09 Å². The highest BCUT2D eigenvalue weighted by Gasteiger charge is 2.39. The van der Waals surface area contributed by atoms with Crippen molar-refractivity contribution in [1.29, 1.82) is 0 Å². The molecule has 3 N–H and O–H groups in total. The molecule has 9 nitrogen and oxygen atoms in total. The number of halogens is 1. The van der Waals surface area contributed by atoms with Crippen LogP contribution < -0.4 is 10.6 Å². The first kappa shape index (κ1) is 18.2. The Labute approximate surface area is 148 Å². The first-order chi connectivity index (χ1) is 12.2. The van der Waals surface area contributed by atoms with Crippen LogP contribution in [0.1, 0.15) is 20.8 Å². The van der Waals surface area contributed by atoms with Crippen molar-refractivity contribution in [3.05, 3.63) is 18.3 Å². The zero-order chi connectivity index (χ0) is 19.1. The molecule has 1 saturated heterocycles. The molecule has 1 aliphatic rings. The van der Waals surface area contributed by atoms with Gasteiger partial charge in [-0.2, -0.15) is 9.78 Å². The molecule has 1 fully saturated rings. The highest BCUT2D eigenvalue weighted by Crippen LogP contribution is 2.18. The fraction of sp³-hybridized carbons (Fsp3) is 0.500. The average Bonchev–Trinajstić information content (AvgIpc) is 3.09. The molecular formula is C16H20FN5O4. The number of rotatable bonds is 2. The third kappa shape index (κ3) is 3.65. The molecule has 26 heavy (non-hydrogen) atoms. The molecule has 2 aromatic heterocycles. The Morgan fingerprint density at radius 2 is 2.15 bits per heavy atom. The molecule has 0 unspecified atom stereocenters. The summed E-state index contributed by atoms with van der Waals surface area (Å²) in [6, 6.07) is 1.99. The molecule has 1 aliphatic heterocycles. The molecule has 0 saturated carbocycles. The number of nitrogens with one attached hydrogen (secondary N) is 2. The van der Waals surface area contributed by atoms with E-state index in [0.717, 1.165) is 4.68 Å². The Kier molecular flexibility index (Phi) is 4.63. The van der Waals surface area contributed by atoms with E-state index in [1.54, 1.807) is 26.8 Å². The zero-order valence-corrected chi connectivity index (χ0v) is 14.6. The van der Waals surface area contributed by atoms with Crippen LogP contribution in [-0.4, -0.2) is 62.3 Å². The smallest absolute Gasteiger partial charge is 0.435 e. The van der Waals surface area contributed by atoms with Gasteiger partial charge in [0.2, 0.25) is 5.91 Å². The number of carbonyl (C=O) groups excluding carboxylic acids is 2. The first-order valence-electron chi connectivity index (χ1n) is 8.10. The van der Waals surface area contributed by atoms with E-state index in [1.165, 1.54) is 12.3 Å². The average molecular weight is 365 g/mol. The third-order valence-electron chi connectivity index (χ3n) is 3.77. The topological polar surface area (TPSA) is 118 Å². The molecule has 140 valence electrons. The number of aromatic nitrogens is 3. The van der Waals surface area contributed by atoms with Crippen LogP contribution in [0, 0.1) is 0 Å². The van der Waals surface area contributed by atoms with Crippen LogP contribution in [0.5, 0.6) is 0 Å². The lowest BCUT2D eigenvalue weighted by Gasteiger charge is -2.19. The second-order valence-electron chi connectivity index (χ2n) is 7.02. The lowest BCUT2D eigenvalue weighted by molar-refractivity contribution is -0.120. The normalized spacial score (nSPS) is 23.2. The van der Waals surface area contributed by atoms with Crippen molar-refractivity contribution in [2.24, 2.45) is 0 Å². The molecule has 0 aliphatic carbocycles. The highest BCUT2D eigenvalue weighted by atomic mass is 19.1. The Balaban J connectivity index is 1.76. The number of amides is 1. The SMILES string of the molecule is CC(C)(C)OC(=O)n1ncc2nc(NC(=O)[C@@H]3NC[C@H](F)[C@H]3O)ccc21. The van der Waals surface area contributed by atoms with E-state index in [-0.39, 0.29) is 12.4 Å². The Morgan fingerprint density at radius 3 is 2.77 bits per heavy atom. The Morgan fingerprint density at radius 1 is 1.42 bits per heavy atom. The van der Waals surface area contributed by atoms with Crippen molar-refractivity contribution in [3.8, 4) is 0 Å². The standard InChI is InChI=1S/C16H20FN5O4/c1-16(2,3)26-15(25)22-10-4-5-11(20-9(10)7-19-22)21-14(24)12-13(23)8(17)6-18-12/h4-5,7-8,12-13,18,23H,6H2,1-3H3,(H,20,21,24)/t8-,12+,13+/m0/s1. The van der Waals surface area contributed by atoms with Gasteiger partial charge in [0, 0.05) is 6.54 Å². The number of aliphatic hydroxyl groups excluding tert-OH is 1. The summed E-state index contributed by atoms with van der Waals surface area (Å²) in [7, 11) is 0. The van der Waals surface area contributed by atoms with Crippen molar-refractivity contribution in [2.75, 3.05) is 11.9 Å². The van der Waals surface area contributed by atoms with Crippen LogP contribution in [0.2, 0.25) is 0 Å². The minimum Gasteiger partial charge on any atom is -0.442 e. The summed E-state index contributed by atoms with van der Waals surface area (Å²) in [6.45, 7) is 5.15. The van der Waals surface area contributed by atoms with Crippen LogP contribution in [-0.2, 0) is 9.53 Å². The summed E-state index contributed by atoms with van der Waals surface area (Å²) in [6.07, 6.45) is -2.17. The van der Waals surface area contributed by atoms with Gasteiger partial charge in [0.05, 0.1) is 11.7 Å². The van der Waals surface area contributed by atoms with E-state index in [4.69, 9.17) is 4.74 Å². The number of pyridine rings is 1. The molecule has 3 atom stereocenters. The van der Waals surface area contributed by atoms with E-state index in [2.05, 4.69) is 20.7 Å². The van der Waals surface area contributed by atoms with Crippen molar-refractivity contribution in [3.63, 3.8) is 0 Å². The van der Waals surface area contributed by atoms with E-state index in [0.29, 0.717) is 11.0 Å². The number of hydrogen-bond donors (Lipinski definition) is 3. The maximum absolute atomic E-state index is 13.3. The van der Waals surface area contributed by atoms with Crippen molar-refractivity contribution in [2.45, 2.75) is 44.7 Å². The minimum absolute atomic E-state index is 0.0889. The van der Waals surface area contributed by atoms with Gasteiger partial charge in [-0.15, -0.1) is 0 Å². The monoisotopic (exact) mass is 365 g/mol. The first-order valence-corrected chi connectivity index (χ1v) is 8.10. The molecule has 1 amide bonds. The summed E-state index contributed by atoms with van der Waals surface area (Å²) in [5.41, 5.74) is 0.122. The van der Waals surface area contributed by atoms with Crippen LogP contribution in [0.15, 0.2) is 18.3 Å². The third-order valence-corrected chi connectivity index (χ3v) is 3.77. The largest absolute Gasteiger partial charge is 0.442 e. The highest BCUT2D eigenvalue weighted by molar-refractivity contribution is 5.96. The van der Waals surface area contributed by atoms with Gasteiger partial charge in [0.15, 0.2) is 0 Å². The number of hydrogen-bond acceptors (Lipinski definition) is 7. The van der Waals surface area contributed by atoms with Gasteiger partial charge < -0.3 is 20.5 Å². The van der Waals surface area contributed by atoms with Crippen molar-refractivity contribution in [1.82, 2.24) is 20.1 Å². The van der Waals surface area contributed by atoms with E-state index < -0.39 is 35.9 Å². The lowest BCUT2D eigenvalue weighted by Crippen LogP contribution is -2.43. The summed E-state index contributed by atoms with van der Waals surface area (Å²) < 4.78 is 19.7. The van der Waals surface area contributed by atoms with Gasteiger partial charge in [-0.3, -0.25) is 4.79 Å². The maximum Gasteiger partial charge on any atom is 0.435 e. The summed E-state index contributed by atoms with van der Waals surface area (Å²) in [4.78, 5) is 28.5. The predicted octanol–water partition coefficient (Wildman–Crippen LogP) is 0.824. The molecule has 0 spiro atoms. The minimum atomic E-state index is -1.49. The molecule has 3 heterocycles. The molecule has 0 aromatic carbocycles. The van der Waals surface area contributed by atoms with Gasteiger partial charge in [-0.05, 0) is 32.9 Å². The number of ether oxygens (including phenoxy) is 1. The van der Waals surface area contributed by atoms with Gasteiger partial charge in [-0.25, -0.2) is 14.2 Å². The molecule has 0 bridgehead atoms. The number of anilines is 1. The number of carbonyl (C=O) groups is 2. The number of nitrogens with zero attached hydrogens (tertiary/aromatic N) is 3. The van der Waals surface area contributed by atoms with E-state index in [1.807, 2.05) is 0 Å². The zero-order valence-electron chi connectivity index (χ0n) is 14.6. The van der Waals surface area contributed by atoms with Gasteiger partial charge in [0.1, 0.15) is 35.3 Å². The Hall–Kier alpha value is -2.59. The predicted molar refractivity (Wildman–Crippen MR) is 90.5 cm³/mol. The molecular weight excluding hydrogens is 345 g/mol. The number of aliphatic hydroxyl groups is 1. The van der Waals surface area contributed by atoms with E-state index >= 15 is 0 Å². The van der Waals surface area contributed by atoms with E-state index in [9.17, 15) is 19.1 Å². The van der Waals surface area contributed by atoms with Crippen molar-refractivity contribution < 1.29 is 23.8 Å². The number of alkyl halides is 1. The summed E-state index contributed by atoms with van der Waals surface area (Å²) in [5, 5.41) is 18.7. The molecule has 2 aromatic rings. The van der Waals surface area contributed by atoms with Crippen LogP contribution in [0.3, 0.4) is 0 Å². The van der Waals surface area contributed by atoms with Gasteiger partial charge in [0.25, 0.3) is 0 Å². The second kappa shape index (κ2) is 6.61. The van der Waals surface area contributed by atoms with Gasteiger partial charge in [-0.1, -0.05) is 0 Å². The maximum atomic E-state index is 13.3. The van der Waals surface area contributed by atoms with Crippen molar-refractivity contribution >= 4 is 28.9 Å². The lowest BCUT2D eigenvalue weighted by atomic mass is 10.1. The molecule has 0 radical (unpaired) electrons. The van der Waals surface area contributed by atoms with Crippen LogP contribution >= 0.6 is 0 Å².